The van der Waals surface area contributed by atoms with Gasteiger partial charge in [0.1, 0.15) is 0 Å². The molecule has 0 spiro atoms. The van der Waals surface area contributed by atoms with E-state index in [0.717, 1.165) is 49.2 Å². The lowest BCUT2D eigenvalue weighted by Crippen LogP contribution is -2.39. The summed E-state index contributed by atoms with van der Waals surface area (Å²) in [4.78, 5) is 12.9. The SMILES string of the molecule is CCNC(=NCCc1nc(CC)c(C)s1)N(C)Cc1cc(Cl)cn1C.I. The van der Waals surface area contributed by atoms with Gasteiger partial charge in [-0.2, -0.15) is 0 Å². The Kier molecular flexibility index (Phi) is 9.95. The van der Waals surface area contributed by atoms with Gasteiger partial charge in [0.05, 0.1) is 22.3 Å². The van der Waals surface area contributed by atoms with E-state index in [1.165, 1.54) is 15.6 Å². The van der Waals surface area contributed by atoms with Gasteiger partial charge in [-0.05, 0) is 26.3 Å². The molecule has 0 bridgehead atoms. The van der Waals surface area contributed by atoms with Gasteiger partial charge in [-0.3, -0.25) is 4.99 Å². The van der Waals surface area contributed by atoms with Crippen LogP contribution in [0.2, 0.25) is 5.02 Å². The minimum atomic E-state index is 0. The van der Waals surface area contributed by atoms with Crippen LogP contribution in [-0.4, -0.2) is 40.5 Å². The Labute approximate surface area is 182 Å². The molecule has 2 rings (SSSR count). The molecule has 1 N–H and O–H groups in total. The molecule has 2 heterocycles. The smallest absolute Gasteiger partial charge is 0.194 e. The third kappa shape index (κ3) is 6.42. The minimum absolute atomic E-state index is 0. The lowest BCUT2D eigenvalue weighted by molar-refractivity contribution is 0.462. The van der Waals surface area contributed by atoms with E-state index in [9.17, 15) is 0 Å². The fourth-order valence-corrected chi connectivity index (χ4v) is 3.97. The Hall–Kier alpha value is -0.800. The van der Waals surface area contributed by atoms with Crippen molar-refractivity contribution in [1.82, 2.24) is 19.8 Å². The van der Waals surface area contributed by atoms with Crippen LogP contribution in [0.3, 0.4) is 0 Å². The molecule has 0 amide bonds. The number of thiazole rings is 1. The highest BCUT2D eigenvalue weighted by Crippen LogP contribution is 2.18. The van der Waals surface area contributed by atoms with Gasteiger partial charge in [0.2, 0.25) is 0 Å². The monoisotopic (exact) mass is 509 g/mol. The summed E-state index contributed by atoms with van der Waals surface area (Å²) in [5, 5.41) is 5.29. The largest absolute Gasteiger partial charge is 0.357 e. The van der Waals surface area contributed by atoms with Gasteiger partial charge in [0.25, 0.3) is 0 Å². The van der Waals surface area contributed by atoms with E-state index < -0.39 is 0 Å². The van der Waals surface area contributed by atoms with Gasteiger partial charge >= 0.3 is 0 Å². The molecule has 8 heteroatoms. The van der Waals surface area contributed by atoms with Crippen molar-refractivity contribution in [1.29, 1.82) is 0 Å². The maximum atomic E-state index is 6.08. The Balaban J connectivity index is 0.00000338. The van der Waals surface area contributed by atoms with Crippen LogP contribution in [0, 0.1) is 6.92 Å². The van der Waals surface area contributed by atoms with Crippen LogP contribution in [0.1, 0.15) is 35.1 Å². The Morgan fingerprint density at radius 3 is 2.69 bits per heavy atom. The summed E-state index contributed by atoms with van der Waals surface area (Å²) < 4.78 is 2.05. The molecule has 2 aromatic rings. The summed E-state index contributed by atoms with van der Waals surface area (Å²) >= 11 is 7.86. The van der Waals surface area contributed by atoms with Gasteiger partial charge in [-0.1, -0.05) is 18.5 Å². The molecule has 146 valence electrons. The zero-order chi connectivity index (χ0) is 18.4. The lowest BCUT2D eigenvalue weighted by atomic mass is 10.3. The summed E-state index contributed by atoms with van der Waals surface area (Å²) in [5.74, 6) is 0.906. The Bertz CT molecular complexity index is 725. The molecule has 0 aliphatic heterocycles. The fourth-order valence-electron chi connectivity index (χ4n) is 2.69. The van der Waals surface area contributed by atoms with Crippen molar-refractivity contribution in [3.63, 3.8) is 0 Å². The summed E-state index contributed by atoms with van der Waals surface area (Å²) in [6.45, 7) is 8.71. The standard InChI is InChI=1S/C18H28ClN5S.HI/c1-6-16-13(3)25-17(22-16)8-9-21-18(20-7-2)24(5)12-15-10-14(19)11-23(15)4;/h10-11H,6-9,12H2,1-5H3,(H,20,21);1H. The van der Waals surface area contributed by atoms with Gasteiger partial charge in [0.15, 0.2) is 5.96 Å². The van der Waals surface area contributed by atoms with Crippen LogP contribution in [0.25, 0.3) is 0 Å². The van der Waals surface area contributed by atoms with Crippen molar-refractivity contribution < 1.29 is 0 Å². The molecule has 0 fully saturated rings. The van der Waals surface area contributed by atoms with E-state index in [-0.39, 0.29) is 24.0 Å². The fraction of sp³-hybridized carbons (Fsp3) is 0.556. The van der Waals surface area contributed by atoms with Crippen LogP contribution in [0.4, 0.5) is 0 Å². The second-order valence-corrected chi connectivity index (χ2v) is 7.79. The topological polar surface area (TPSA) is 45.5 Å². The van der Waals surface area contributed by atoms with E-state index in [2.05, 4.69) is 31.0 Å². The van der Waals surface area contributed by atoms with Crippen LogP contribution in [0.15, 0.2) is 17.3 Å². The highest BCUT2D eigenvalue weighted by molar-refractivity contribution is 14.0. The normalized spacial score (nSPS) is 11.4. The molecule has 0 aliphatic carbocycles. The maximum Gasteiger partial charge on any atom is 0.194 e. The zero-order valence-corrected chi connectivity index (χ0v) is 20.1. The van der Waals surface area contributed by atoms with Crippen molar-refractivity contribution in [3.8, 4) is 0 Å². The lowest BCUT2D eigenvalue weighted by Gasteiger charge is -2.22. The third-order valence-electron chi connectivity index (χ3n) is 4.03. The molecular weight excluding hydrogens is 481 g/mol. The second-order valence-electron chi connectivity index (χ2n) is 6.07. The Morgan fingerprint density at radius 1 is 1.42 bits per heavy atom. The van der Waals surface area contributed by atoms with Crippen molar-refractivity contribution in [2.75, 3.05) is 20.1 Å². The van der Waals surface area contributed by atoms with Crippen molar-refractivity contribution in [2.45, 2.75) is 40.2 Å². The number of nitrogens with zero attached hydrogens (tertiary/aromatic N) is 4. The van der Waals surface area contributed by atoms with Gasteiger partial charge in [0, 0.05) is 50.4 Å². The maximum absolute atomic E-state index is 6.08. The number of aryl methyl sites for hydroxylation is 3. The molecule has 0 saturated heterocycles. The van der Waals surface area contributed by atoms with Gasteiger partial charge in [-0.15, -0.1) is 35.3 Å². The van der Waals surface area contributed by atoms with Crippen molar-refractivity contribution >= 4 is 52.9 Å². The average molecular weight is 510 g/mol. The highest BCUT2D eigenvalue weighted by Gasteiger charge is 2.10. The van der Waals surface area contributed by atoms with Crippen LogP contribution in [0.5, 0.6) is 0 Å². The summed E-state index contributed by atoms with van der Waals surface area (Å²) in [6, 6.07) is 1.99. The quantitative estimate of drug-likeness (QED) is 0.345. The summed E-state index contributed by atoms with van der Waals surface area (Å²) in [5.41, 5.74) is 2.37. The number of halogens is 2. The predicted octanol–water partition coefficient (Wildman–Crippen LogP) is 4.26. The first-order chi connectivity index (χ1) is 11.9. The molecule has 0 aromatic carbocycles. The number of nitrogens with one attached hydrogen (secondary N) is 1. The first kappa shape index (κ1) is 23.2. The van der Waals surface area contributed by atoms with Crippen LogP contribution >= 0.6 is 46.9 Å². The first-order valence-electron chi connectivity index (χ1n) is 8.69. The average Bonchev–Trinajstić information content (AvgIpc) is 3.07. The van der Waals surface area contributed by atoms with E-state index in [1.54, 1.807) is 11.3 Å². The molecule has 0 aliphatic rings. The van der Waals surface area contributed by atoms with E-state index in [1.807, 2.05) is 30.9 Å². The minimum Gasteiger partial charge on any atom is -0.357 e. The summed E-state index contributed by atoms with van der Waals surface area (Å²) in [7, 11) is 4.06. The van der Waals surface area contributed by atoms with E-state index in [4.69, 9.17) is 21.6 Å². The molecular formula is C18H29ClIN5S. The first-order valence-corrected chi connectivity index (χ1v) is 9.89. The number of hydrogen-bond acceptors (Lipinski definition) is 3. The Morgan fingerprint density at radius 2 is 2.15 bits per heavy atom. The molecule has 5 nitrogen and oxygen atoms in total. The number of guanidine groups is 1. The van der Waals surface area contributed by atoms with Crippen molar-refractivity contribution in [2.24, 2.45) is 12.0 Å². The molecule has 0 radical (unpaired) electrons. The second kappa shape index (κ2) is 11.1. The summed E-state index contributed by atoms with van der Waals surface area (Å²) in [6.07, 6.45) is 3.80. The number of hydrogen-bond donors (Lipinski definition) is 1. The molecule has 0 unspecified atom stereocenters. The van der Waals surface area contributed by atoms with Crippen LogP contribution in [-0.2, 0) is 26.4 Å². The van der Waals surface area contributed by atoms with Gasteiger partial charge < -0.3 is 14.8 Å². The predicted molar refractivity (Wildman–Crippen MR) is 123 cm³/mol. The van der Waals surface area contributed by atoms with E-state index >= 15 is 0 Å². The number of rotatable bonds is 7. The highest BCUT2D eigenvalue weighted by atomic mass is 127. The number of aliphatic imine (C=N–C) groups is 1. The third-order valence-corrected chi connectivity index (χ3v) is 5.31. The zero-order valence-electron chi connectivity index (χ0n) is 16.2. The molecule has 2 aromatic heterocycles. The number of aromatic nitrogens is 2. The van der Waals surface area contributed by atoms with E-state index in [0.29, 0.717) is 0 Å². The molecule has 26 heavy (non-hydrogen) atoms. The molecule has 0 saturated carbocycles. The van der Waals surface area contributed by atoms with Crippen LogP contribution < -0.4 is 5.32 Å². The van der Waals surface area contributed by atoms with Crippen molar-refractivity contribution in [3.05, 3.63) is 38.6 Å². The van der Waals surface area contributed by atoms with Gasteiger partial charge in [-0.25, -0.2) is 4.98 Å². The molecule has 0 atom stereocenters.